The Labute approximate surface area is 156 Å². The van der Waals surface area contributed by atoms with Crippen molar-refractivity contribution in [1.82, 2.24) is 20.3 Å². The standard InChI is InChI=1S/C18H20N6O3/c1-18(2,3)27-17(26)21-9-7-15(25)23-13-4-5-14(22-11-13)16-20-8-6-12(10-19)24-16/h4-6,8,11H,7,9H2,1-3H3,(H,21,26)(H,23,25). The zero-order valence-corrected chi connectivity index (χ0v) is 15.3. The quantitative estimate of drug-likeness (QED) is 0.828. The van der Waals surface area contributed by atoms with E-state index in [-0.39, 0.29) is 24.6 Å². The number of carbonyl (C=O) groups excluding carboxylic acids is 2. The minimum absolute atomic E-state index is 0.0916. The number of alkyl carbamates (subject to hydrolysis) is 1. The van der Waals surface area contributed by atoms with Gasteiger partial charge in [0.1, 0.15) is 23.1 Å². The molecule has 0 saturated carbocycles. The van der Waals surface area contributed by atoms with Crippen molar-refractivity contribution in [2.24, 2.45) is 0 Å². The van der Waals surface area contributed by atoms with Gasteiger partial charge in [0.05, 0.1) is 11.9 Å². The number of aromatic nitrogens is 3. The molecule has 2 amide bonds. The Hall–Kier alpha value is -3.54. The molecule has 0 spiro atoms. The Kier molecular flexibility index (Phi) is 6.38. The minimum Gasteiger partial charge on any atom is -0.444 e. The number of ether oxygens (including phenoxy) is 1. The highest BCUT2D eigenvalue weighted by atomic mass is 16.6. The number of hydrogen-bond donors (Lipinski definition) is 2. The molecule has 0 aliphatic carbocycles. The zero-order chi connectivity index (χ0) is 19.9. The number of pyridine rings is 1. The van der Waals surface area contributed by atoms with Gasteiger partial charge >= 0.3 is 6.09 Å². The lowest BCUT2D eigenvalue weighted by Crippen LogP contribution is -2.34. The summed E-state index contributed by atoms with van der Waals surface area (Å²) in [6.07, 6.45) is 2.47. The second kappa shape index (κ2) is 8.71. The Morgan fingerprint density at radius 1 is 1.22 bits per heavy atom. The number of hydrogen-bond acceptors (Lipinski definition) is 7. The highest BCUT2D eigenvalue weighted by Gasteiger charge is 2.16. The monoisotopic (exact) mass is 368 g/mol. The predicted molar refractivity (Wildman–Crippen MR) is 97.5 cm³/mol. The molecule has 9 heteroatoms. The van der Waals surface area contributed by atoms with Crippen LogP contribution in [0.3, 0.4) is 0 Å². The van der Waals surface area contributed by atoms with Gasteiger partial charge in [-0.05, 0) is 39.0 Å². The average Bonchev–Trinajstić information content (AvgIpc) is 2.61. The number of carbonyl (C=O) groups is 2. The largest absolute Gasteiger partial charge is 0.444 e. The molecule has 0 saturated heterocycles. The summed E-state index contributed by atoms with van der Waals surface area (Å²) in [6.45, 7) is 5.44. The fourth-order valence-electron chi connectivity index (χ4n) is 1.96. The van der Waals surface area contributed by atoms with E-state index in [1.165, 1.54) is 18.5 Å². The van der Waals surface area contributed by atoms with Gasteiger partial charge in [-0.2, -0.15) is 5.26 Å². The summed E-state index contributed by atoms with van der Waals surface area (Å²) < 4.78 is 5.09. The molecule has 27 heavy (non-hydrogen) atoms. The Bertz CT molecular complexity index is 853. The maximum absolute atomic E-state index is 11.9. The lowest BCUT2D eigenvalue weighted by Gasteiger charge is -2.19. The van der Waals surface area contributed by atoms with Crippen LogP contribution in [0.5, 0.6) is 0 Å². The van der Waals surface area contributed by atoms with Gasteiger partial charge in [-0.1, -0.05) is 0 Å². The summed E-state index contributed by atoms with van der Waals surface area (Å²) in [5.74, 6) is 0.0526. The summed E-state index contributed by atoms with van der Waals surface area (Å²) in [4.78, 5) is 35.7. The fourth-order valence-corrected chi connectivity index (χ4v) is 1.96. The average molecular weight is 368 g/mol. The minimum atomic E-state index is -0.587. The topological polar surface area (TPSA) is 130 Å². The lowest BCUT2D eigenvalue weighted by atomic mass is 10.2. The third-order valence-electron chi connectivity index (χ3n) is 3.07. The maximum Gasteiger partial charge on any atom is 0.407 e. The molecule has 0 fully saturated rings. The van der Waals surface area contributed by atoms with Crippen LogP contribution in [0.4, 0.5) is 10.5 Å². The van der Waals surface area contributed by atoms with Crippen molar-refractivity contribution in [3.05, 3.63) is 36.3 Å². The van der Waals surface area contributed by atoms with Crippen LogP contribution in [0, 0.1) is 11.3 Å². The summed E-state index contributed by atoms with van der Waals surface area (Å²) in [7, 11) is 0. The van der Waals surface area contributed by atoms with E-state index in [1.807, 2.05) is 6.07 Å². The maximum atomic E-state index is 11.9. The molecule has 0 bridgehead atoms. The second-order valence-electron chi connectivity index (χ2n) is 6.54. The van der Waals surface area contributed by atoms with E-state index in [1.54, 1.807) is 32.9 Å². The third-order valence-corrected chi connectivity index (χ3v) is 3.07. The van der Waals surface area contributed by atoms with E-state index in [2.05, 4.69) is 25.6 Å². The molecule has 0 aromatic carbocycles. The summed E-state index contributed by atoms with van der Waals surface area (Å²) in [5.41, 5.74) is 0.641. The smallest absolute Gasteiger partial charge is 0.407 e. The molecule has 2 heterocycles. The molecular weight excluding hydrogens is 348 g/mol. The van der Waals surface area contributed by atoms with Crippen molar-refractivity contribution in [2.45, 2.75) is 32.8 Å². The summed E-state index contributed by atoms with van der Waals surface area (Å²) in [6, 6.07) is 6.74. The first-order valence-electron chi connectivity index (χ1n) is 8.23. The molecular formula is C18H20N6O3. The van der Waals surface area contributed by atoms with Crippen LogP contribution in [0.25, 0.3) is 11.5 Å². The molecule has 2 rings (SSSR count). The second-order valence-corrected chi connectivity index (χ2v) is 6.54. The van der Waals surface area contributed by atoms with Crippen LogP contribution >= 0.6 is 0 Å². The van der Waals surface area contributed by atoms with Gasteiger partial charge in [0, 0.05) is 19.2 Å². The Morgan fingerprint density at radius 2 is 2.00 bits per heavy atom. The highest BCUT2D eigenvalue weighted by molar-refractivity contribution is 5.91. The van der Waals surface area contributed by atoms with Crippen molar-refractivity contribution in [3.8, 4) is 17.6 Å². The predicted octanol–water partition coefficient (Wildman–Crippen LogP) is 2.26. The lowest BCUT2D eigenvalue weighted by molar-refractivity contribution is -0.116. The molecule has 0 radical (unpaired) electrons. The van der Waals surface area contributed by atoms with Crippen LogP contribution in [0.2, 0.25) is 0 Å². The molecule has 9 nitrogen and oxygen atoms in total. The van der Waals surface area contributed by atoms with Crippen LogP contribution < -0.4 is 10.6 Å². The van der Waals surface area contributed by atoms with Gasteiger partial charge in [-0.3, -0.25) is 9.78 Å². The van der Waals surface area contributed by atoms with E-state index in [4.69, 9.17) is 10.00 Å². The van der Waals surface area contributed by atoms with Crippen molar-refractivity contribution in [2.75, 3.05) is 11.9 Å². The van der Waals surface area contributed by atoms with Crippen molar-refractivity contribution in [3.63, 3.8) is 0 Å². The van der Waals surface area contributed by atoms with Gasteiger partial charge in [0.15, 0.2) is 5.82 Å². The van der Waals surface area contributed by atoms with E-state index >= 15 is 0 Å². The van der Waals surface area contributed by atoms with Crippen molar-refractivity contribution < 1.29 is 14.3 Å². The van der Waals surface area contributed by atoms with Crippen LogP contribution in [0.1, 0.15) is 32.9 Å². The van der Waals surface area contributed by atoms with E-state index in [0.717, 1.165) is 0 Å². The number of nitriles is 1. The first kappa shape index (κ1) is 19.8. The van der Waals surface area contributed by atoms with E-state index < -0.39 is 11.7 Å². The number of nitrogens with zero attached hydrogens (tertiary/aromatic N) is 4. The molecule has 0 atom stereocenters. The summed E-state index contributed by atoms with van der Waals surface area (Å²) in [5, 5.41) is 14.1. The molecule has 2 aromatic heterocycles. The first-order valence-corrected chi connectivity index (χ1v) is 8.23. The molecule has 0 aliphatic rings. The van der Waals surface area contributed by atoms with Crippen molar-refractivity contribution >= 4 is 17.7 Å². The summed E-state index contributed by atoms with van der Waals surface area (Å²) >= 11 is 0. The zero-order valence-electron chi connectivity index (χ0n) is 15.3. The molecule has 0 aliphatic heterocycles. The molecule has 140 valence electrons. The number of nitrogens with one attached hydrogen (secondary N) is 2. The highest BCUT2D eigenvalue weighted by Crippen LogP contribution is 2.14. The van der Waals surface area contributed by atoms with Gasteiger partial charge in [-0.15, -0.1) is 0 Å². The Morgan fingerprint density at radius 3 is 2.63 bits per heavy atom. The van der Waals surface area contributed by atoms with Gasteiger partial charge in [0.25, 0.3) is 0 Å². The van der Waals surface area contributed by atoms with E-state index in [0.29, 0.717) is 17.2 Å². The molecule has 2 aromatic rings. The normalized spacial score (nSPS) is 10.6. The third kappa shape index (κ3) is 6.70. The molecule has 0 unspecified atom stereocenters. The SMILES string of the molecule is CC(C)(C)OC(=O)NCCC(=O)Nc1ccc(-c2nccc(C#N)n2)nc1. The van der Waals surface area contributed by atoms with Gasteiger partial charge in [0.2, 0.25) is 5.91 Å². The van der Waals surface area contributed by atoms with Crippen LogP contribution in [-0.4, -0.2) is 39.1 Å². The van der Waals surface area contributed by atoms with Crippen molar-refractivity contribution in [1.29, 1.82) is 5.26 Å². The van der Waals surface area contributed by atoms with Crippen LogP contribution in [-0.2, 0) is 9.53 Å². The Balaban J connectivity index is 1.84. The number of anilines is 1. The number of amides is 2. The van der Waals surface area contributed by atoms with Crippen LogP contribution in [0.15, 0.2) is 30.6 Å². The fraction of sp³-hybridized carbons (Fsp3) is 0.333. The van der Waals surface area contributed by atoms with E-state index in [9.17, 15) is 9.59 Å². The number of rotatable bonds is 5. The molecule has 2 N–H and O–H groups in total. The first-order chi connectivity index (χ1) is 12.8. The van der Waals surface area contributed by atoms with Gasteiger partial charge in [-0.25, -0.2) is 14.8 Å². The van der Waals surface area contributed by atoms with Gasteiger partial charge < -0.3 is 15.4 Å².